The van der Waals surface area contributed by atoms with E-state index in [0.29, 0.717) is 41.9 Å². The largest absolute Gasteiger partial charge is 0.493 e. The lowest BCUT2D eigenvalue weighted by atomic mass is 10.2. The highest BCUT2D eigenvalue weighted by atomic mass is 16.5. The normalized spacial score (nSPS) is 10.3. The van der Waals surface area contributed by atoms with E-state index in [9.17, 15) is 4.79 Å². The zero-order chi connectivity index (χ0) is 20.6. The number of nitrogens with zero attached hydrogens (tertiary/aromatic N) is 2. The molecule has 0 atom stereocenters. The van der Waals surface area contributed by atoms with E-state index < -0.39 is 0 Å². The topological polar surface area (TPSA) is 85.4 Å². The fraction of sp³-hybridized carbons (Fsp3) is 0.227. The van der Waals surface area contributed by atoms with Gasteiger partial charge in [-0.3, -0.25) is 4.79 Å². The molecule has 0 unspecified atom stereocenters. The molecular weight excluding hydrogens is 368 g/mol. The molecule has 0 saturated carbocycles. The van der Waals surface area contributed by atoms with Crippen molar-refractivity contribution in [3.05, 3.63) is 77.1 Å². The fourth-order valence-electron chi connectivity index (χ4n) is 2.80. The van der Waals surface area contributed by atoms with Gasteiger partial charge in [-0.25, -0.2) is 9.97 Å². The average Bonchev–Trinajstić information content (AvgIpc) is 2.76. The first-order chi connectivity index (χ1) is 14.1. The number of methoxy groups -OCH3 is 2. The van der Waals surface area contributed by atoms with E-state index in [2.05, 4.69) is 20.6 Å². The molecule has 7 nitrogen and oxygen atoms in total. The number of ether oxygens (including phenoxy) is 2. The third-order valence-electron chi connectivity index (χ3n) is 4.28. The smallest absolute Gasteiger partial charge is 0.270 e. The lowest BCUT2D eigenvalue weighted by Crippen LogP contribution is -2.24. The van der Waals surface area contributed by atoms with Crippen molar-refractivity contribution < 1.29 is 14.3 Å². The van der Waals surface area contributed by atoms with Crippen LogP contribution in [0.5, 0.6) is 11.5 Å². The van der Waals surface area contributed by atoms with Crippen LogP contribution in [0.15, 0.2) is 54.6 Å². The summed E-state index contributed by atoms with van der Waals surface area (Å²) in [5.41, 5.74) is 3.03. The van der Waals surface area contributed by atoms with E-state index in [4.69, 9.17) is 9.47 Å². The number of amides is 1. The van der Waals surface area contributed by atoms with Gasteiger partial charge >= 0.3 is 0 Å². The molecule has 1 aromatic heterocycles. The van der Waals surface area contributed by atoms with Crippen molar-refractivity contribution >= 4 is 11.9 Å². The molecule has 3 rings (SSSR count). The SMILES string of the molecule is COc1ccc(CNc2nc(C)cc(C(=O)NCc3ccccc3)n2)cc1OC. The van der Waals surface area contributed by atoms with Gasteiger partial charge in [-0.15, -0.1) is 0 Å². The van der Waals surface area contributed by atoms with Gasteiger partial charge in [-0.2, -0.15) is 0 Å². The summed E-state index contributed by atoms with van der Waals surface area (Å²) in [4.78, 5) is 21.2. The molecule has 0 radical (unpaired) electrons. The summed E-state index contributed by atoms with van der Waals surface area (Å²) in [5, 5.41) is 6.04. The number of aryl methyl sites for hydroxylation is 1. The second-order valence-electron chi connectivity index (χ2n) is 6.43. The Bertz CT molecular complexity index is 977. The van der Waals surface area contributed by atoms with E-state index in [0.717, 1.165) is 11.1 Å². The van der Waals surface area contributed by atoms with Gasteiger partial charge in [0.1, 0.15) is 5.69 Å². The molecule has 0 fully saturated rings. The molecule has 0 aliphatic heterocycles. The van der Waals surface area contributed by atoms with Gasteiger partial charge < -0.3 is 20.1 Å². The Kier molecular flexibility index (Phi) is 6.63. The Morgan fingerprint density at radius 3 is 2.38 bits per heavy atom. The average molecular weight is 392 g/mol. The summed E-state index contributed by atoms with van der Waals surface area (Å²) in [6.45, 7) is 2.75. The fourth-order valence-corrected chi connectivity index (χ4v) is 2.80. The van der Waals surface area contributed by atoms with Crippen molar-refractivity contribution in [2.24, 2.45) is 0 Å². The molecule has 7 heteroatoms. The lowest BCUT2D eigenvalue weighted by molar-refractivity contribution is 0.0945. The number of hydrogen-bond donors (Lipinski definition) is 2. The van der Waals surface area contributed by atoms with Crippen LogP contribution in [0.1, 0.15) is 27.3 Å². The van der Waals surface area contributed by atoms with Crippen LogP contribution >= 0.6 is 0 Å². The van der Waals surface area contributed by atoms with Crippen LogP contribution in [0.4, 0.5) is 5.95 Å². The van der Waals surface area contributed by atoms with Crippen LogP contribution in [0.3, 0.4) is 0 Å². The Labute approximate surface area is 170 Å². The third kappa shape index (κ3) is 5.44. The minimum atomic E-state index is -0.242. The van der Waals surface area contributed by atoms with Crippen molar-refractivity contribution in [3.8, 4) is 11.5 Å². The quantitative estimate of drug-likeness (QED) is 0.612. The number of benzene rings is 2. The zero-order valence-electron chi connectivity index (χ0n) is 16.7. The van der Waals surface area contributed by atoms with Crippen molar-refractivity contribution in [2.45, 2.75) is 20.0 Å². The van der Waals surface area contributed by atoms with Crippen LogP contribution in [0.25, 0.3) is 0 Å². The van der Waals surface area contributed by atoms with Crippen LogP contribution in [-0.4, -0.2) is 30.1 Å². The van der Waals surface area contributed by atoms with E-state index in [-0.39, 0.29) is 5.91 Å². The van der Waals surface area contributed by atoms with Crippen molar-refractivity contribution in [2.75, 3.05) is 19.5 Å². The van der Waals surface area contributed by atoms with Gasteiger partial charge in [-0.05, 0) is 36.2 Å². The Morgan fingerprint density at radius 1 is 0.897 bits per heavy atom. The van der Waals surface area contributed by atoms with E-state index in [1.807, 2.05) is 55.5 Å². The maximum atomic E-state index is 12.5. The molecule has 1 heterocycles. The first kappa shape index (κ1) is 20.1. The number of aromatic nitrogens is 2. The standard InChI is InChI=1S/C22H24N4O3/c1-15-11-18(21(27)23-13-16-7-5-4-6-8-16)26-22(25-15)24-14-17-9-10-19(28-2)20(12-17)29-3/h4-12H,13-14H2,1-3H3,(H,23,27)(H,24,25,26). The minimum absolute atomic E-state index is 0.242. The van der Waals surface area contributed by atoms with Crippen LogP contribution in [0, 0.1) is 6.92 Å². The highest BCUT2D eigenvalue weighted by Gasteiger charge is 2.11. The first-order valence-corrected chi connectivity index (χ1v) is 9.21. The number of carbonyl (C=O) groups is 1. The molecule has 0 aliphatic rings. The maximum Gasteiger partial charge on any atom is 0.270 e. The van der Waals surface area contributed by atoms with Crippen LogP contribution in [-0.2, 0) is 13.1 Å². The molecular formula is C22H24N4O3. The molecule has 1 amide bonds. The van der Waals surface area contributed by atoms with E-state index in [1.54, 1.807) is 20.3 Å². The van der Waals surface area contributed by atoms with Crippen molar-refractivity contribution in [3.63, 3.8) is 0 Å². The first-order valence-electron chi connectivity index (χ1n) is 9.21. The number of rotatable bonds is 8. The Morgan fingerprint density at radius 2 is 1.66 bits per heavy atom. The predicted octanol–water partition coefficient (Wildman–Crippen LogP) is 3.34. The number of nitrogens with one attached hydrogen (secondary N) is 2. The van der Waals surface area contributed by atoms with Gasteiger partial charge in [0.25, 0.3) is 5.91 Å². The zero-order valence-corrected chi connectivity index (χ0v) is 16.7. The summed E-state index contributed by atoms with van der Waals surface area (Å²) < 4.78 is 10.6. The molecule has 150 valence electrons. The van der Waals surface area contributed by atoms with Crippen molar-refractivity contribution in [1.82, 2.24) is 15.3 Å². The Balaban J connectivity index is 1.66. The molecule has 0 bridgehead atoms. The van der Waals surface area contributed by atoms with Gasteiger partial charge in [0.05, 0.1) is 14.2 Å². The molecule has 29 heavy (non-hydrogen) atoms. The minimum Gasteiger partial charge on any atom is -0.493 e. The van der Waals surface area contributed by atoms with Crippen molar-refractivity contribution in [1.29, 1.82) is 0 Å². The highest BCUT2D eigenvalue weighted by molar-refractivity contribution is 5.92. The molecule has 0 aliphatic carbocycles. The molecule has 2 aromatic carbocycles. The second-order valence-corrected chi connectivity index (χ2v) is 6.43. The highest BCUT2D eigenvalue weighted by Crippen LogP contribution is 2.27. The Hall–Kier alpha value is -3.61. The van der Waals surface area contributed by atoms with Gasteiger partial charge in [0.2, 0.25) is 5.95 Å². The van der Waals surface area contributed by atoms with E-state index in [1.165, 1.54) is 0 Å². The summed E-state index contributed by atoms with van der Waals surface area (Å²) in [5.74, 6) is 1.47. The predicted molar refractivity (Wildman–Crippen MR) is 111 cm³/mol. The van der Waals surface area contributed by atoms with Gasteiger partial charge in [0, 0.05) is 18.8 Å². The molecule has 0 saturated heterocycles. The van der Waals surface area contributed by atoms with E-state index >= 15 is 0 Å². The number of carbonyl (C=O) groups excluding carboxylic acids is 1. The van der Waals surface area contributed by atoms with Gasteiger partial charge in [-0.1, -0.05) is 36.4 Å². The van der Waals surface area contributed by atoms with Crippen LogP contribution < -0.4 is 20.1 Å². The number of anilines is 1. The molecule has 3 aromatic rings. The summed E-state index contributed by atoms with van der Waals surface area (Å²) in [6, 6.07) is 17.1. The number of hydrogen-bond acceptors (Lipinski definition) is 6. The third-order valence-corrected chi connectivity index (χ3v) is 4.28. The monoisotopic (exact) mass is 392 g/mol. The van der Waals surface area contributed by atoms with Gasteiger partial charge in [0.15, 0.2) is 11.5 Å². The summed E-state index contributed by atoms with van der Waals surface area (Å²) in [7, 11) is 3.19. The molecule has 2 N–H and O–H groups in total. The summed E-state index contributed by atoms with van der Waals surface area (Å²) in [6.07, 6.45) is 0. The lowest BCUT2D eigenvalue weighted by Gasteiger charge is -2.11. The maximum absolute atomic E-state index is 12.5. The molecule has 0 spiro atoms. The van der Waals surface area contributed by atoms with Crippen LogP contribution in [0.2, 0.25) is 0 Å². The second kappa shape index (κ2) is 9.54. The summed E-state index contributed by atoms with van der Waals surface area (Å²) >= 11 is 0.